The van der Waals surface area contributed by atoms with Crippen molar-refractivity contribution in [2.45, 2.75) is 19.3 Å². The highest BCUT2D eigenvalue weighted by Crippen LogP contribution is 2.30. The molecule has 13 heavy (non-hydrogen) atoms. The van der Waals surface area contributed by atoms with Crippen LogP contribution in [0.1, 0.15) is 19.3 Å². The van der Waals surface area contributed by atoms with Gasteiger partial charge in [-0.3, -0.25) is 4.79 Å². The fourth-order valence-corrected chi connectivity index (χ4v) is 1.89. The Bertz CT molecular complexity index is 312. The van der Waals surface area contributed by atoms with Crippen molar-refractivity contribution >= 4 is 5.91 Å². The van der Waals surface area contributed by atoms with Gasteiger partial charge in [-0.15, -0.1) is 0 Å². The molecule has 0 aromatic heterocycles. The Hall–Kier alpha value is -1.31. The van der Waals surface area contributed by atoms with Crippen LogP contribution in [0, 0.1) is 5.92 Å². The Morgan fingerprint density at radius 1 is 1.54 bits per heavy atom. The zero-order chi connectivity index (χ0) is 9.26. The molecule has 2 rings (SSSR count). The number of amides is 1. The van der Waals surface area contributed by atoms with Gasteiger partial charge in [0.2, 0.25) is 5.91 Å². The summed E-state index contributed by atoms with van der Waals surface area (Å²) in [4.78, 5) is 11.1. The molecular weight excluding hydrogens is 162 g/mol. The third-order valence-electron chi connectivity index (χ3n) is 2.60. The van der Waals surface area contributed by atoms with Gasteiger partial charge < -0.3 is 5.32 Å². The maximum absolute atomic E-state index is 11.1. The fraction of sp³-hybridized carbons (Fsp3) is 0.364. The van der Waals surface area contributed by atoms with E-state index in [0.29, 0.717) is 6.42 Å². The molecular formula is C11H13NO. The molecule has 2 aliphatic rings. The van der Waals surface area contributed by atoms with Crippen molar-refractivity contribution in [3.63, 3.8) is 0 Å². The third kappa shape index (κ3) is 1.57. The minimum atomic E-state index is 0.102. The Labute approximate surface area is 78.0 Å². The summed E-state index contributed by atoms with van der Waals surface area (Å²) < 4.78 is 0. The number of nitrogens with one attached hydrogen (secondary N) is 1. The van der Waals surface area contributed by atoms with Gasteiger partial charge in [0.15, 0.2) is 0 Å². The van der Waals surface area contributed by atoms with E-state index in [2.05, 4.69) is 30.1 Å². The van der Waals surface area contributed by atoms with Crippen LogP contribution in [0.15, 0.2) is 36.1 Å². The maximum atomic E-state index is 11.1. The normalized spacial score (nSPS) is 27.4. The van der Waals surface area contributed by atoms with Crippen molar-refractivity contribution in [1.82, 2.24) is 5.32 Å². The molecule has 1 N–H and O–H groups in total. The van der Waals surface area contributed by atoms with E-state index in [1.165, 1.54) is 5.57 Å². The first-order valence-corrected chi connectivity index (χ1v) is 4.61. The number of rotatable bonds is 1. The smallest absolute Gasteiger partial charge is 0.225 e. The van der Waals surface area contributed by atoms with Crippen LogP contribution in [0.25, 0.3) is 0 Å². The van der Waals surface area contributed by atoms with E-state index in [9.17, 15) is 4.79 Å². The molecule has 1 amide bonds. The predicted octanol–water partition coefficient (Wildman–Crippen LogP) is 1.91. The van der Waals surface area contributed by atoms with Gasteiger partial charge in [0, 0.05) is 18.0 Å². The van der Waals surface area contributed by atoms with Crippen molar-refractivity contribution in [1.29, 1.82) is 0 Å². The quantitative estimate of drug-likeness (QED) is 0.648. The fourth-order valence-electron chi connectivity index (χ4n) is 1.89. The van der Waals surface area contributed by atoms with Gasteiger partial charge >= 0.3 is 0 Å². The number of carbonyl (C=O) groups is 1. The van der Waals surface area contributed by atoms with E-state index in [1.54, 1.807) is 0 Å². The highest BCUT2D eigenvalue weighted by atomic mass is 16.1. The standard InChI is InChI=1S/C11H13NO/c1-8-10(7-11(13)12-8)9-5-3-2-4-6-9/h2-3,5,10H,1,4,6-7H2,(H,12,13). The van der Waals surface area contributed by atoms with Crippen LogP contribution in [-0.4, -0.2) is 5.91 Å². The Morgan fingerprint density at radius 2 is 2.38 bits per heavy atom. The zero-order valence-electron chi connectivity index (χ0n) is 7.55. The van der Waals surface area contributed by atoms with Crippen LogP contribution < -0.4 is 5.32 Å². The largest absolute Gasteiger partial charge is 0.330 e. The lowest BCUT2D eigenvalue weighted by Crippen LogP contribution is -2.11. The third-order valence-corrected chi connectivity index (χ3v) is 2.60. The van der Waals surface area contributed by atoms with Crippen LogP contribution in [-0.2, 0) is 4.79 Å². The molecule has 1 fully saturated rings. The van der Waals surface area contributed by atoms with Crippen LogP contribution in [0.3, 0.4) is 0 Å². The van der Waals surface area contributed by atoms with E-state index in [4.69, 9.17) is 0 Å². The summed E-state index contributed by atoms with van der Waals surface area (Å²) in [7, 11) is 0. The Kier molecular flexibility index (Phi) is 2.05. The average molecular weight is 175 g/mol. The summed E-state index contributed by atoms with van der Waals surface area (Å²) in [5.41, 5.74) is 2.21. The maximum Gasteiger partial charge on any atom is 0.225 e. The van der Waals surface area contributed by atoms with Gasteiger partial charge in [0.25, 0.3) is 0 Å². The summed E-state index contributed by atoms with van der Waals surface area (Å²) in [5, 5.41) is 2.77. The molecule has 2 heteroatoms. The van der Waals surface area contributed by atoms with Crippen molar-refractivity contribution in [3.05, 3.63) is 36.1 Å². The number of hydrogen-bond donors (Lipinski definition) is 1. The lowest BCUT2D eigenvalue weighted by Gasteiger charge is -2.15. The first-order chi connectivity index (χ1) is 6.27. The van der Waals surface area contributed by atoms with Gasteiger partial charge in [-0.1, -0.05) is 30.4 Å². The minimum absolute atomic E-state index is 0.102. The predicted molar refractivity (Wildman–Crippen MR) is 51.8 cm³/mol. The van der Waals surface area contributed by atoms with E-state index in [1.807, 2.05) is 0 Å². The van der Waals surface area contributed by atoms with Crippen LogP contribution >= 0.6 is 0 Å². The van der Waals surface area contributed by atoms with E-state index >= 15 is 0 Å². The van der Waals surface area contributed by atoms with E-state index in [0.717, 1.165) is 18.5 Å². The lowest BCUT2D eigenvalue weighted by atomic mass is 9.90. The molecule has 1 aliphatic carbocycles. The molecule has 1 atom stereocenters. The molecule has 1 heterocycles. The van der Waals surface area contributed by atoms with Gasteiger partial charge in [-0.2, -0.15) is 0 Å². The van der Waals surface area contributed by atoms with Crippen molar-refractivity contribution in [2.75, 3.05) is 0 Å². The molecule has 0 bridgehead atoms. The zero-order valence-corrected chi connectivity index (χ0v) is 7.55. The van der Waals surface area contributed by atoms with Gasteiger partial charge in [-0.05, 0) is 12.8 Å². The summed E-state index contributed by atoms with van der Waals surface area (Å²) in [6.45, 7) is 3.86. The second-order valence-corrected chi connectivity index (χ2v) is 3.54. The number of allylic oxidation sites excluding steroid dienone is 4. The molecule has 0 spiro atoms. The molecule has 1 saturated heterocycles. The number of hydrogen-bond acceptors (Lipinski definition) is 1. The first kappa shape index (κ1) is 8.30. The average Bonchev–Trinajstić information content (AvgIpc) is 2.47. The monoisotopic (exact) mass is 175 g/mol. The van der Waals surface area contributed by atoms with Crippen molar-refractivity contribution in [3.8, 4) is 0 Å². The van der Waals surface area contributed by atoms with E-state index < -0.39 is 0 Å². The lowest BCUT2D eigenvalue weighted by molar-refractivity contribution is -0.119. The molecule has 2 nitrogen and oxygen atoms in total. The molecule has 0 aromatic rings. The van der Waals surface area contributed by atoms with Crippen LogP contribution in [0.5, 0.6) is 0 Å². The molecule has 0 radical (unpaired) electrons. The first-order valence-electron chi connectivity index (χ1n) is 4.61. The highest BCUT2D eigenvalue weighted by molar-refractivity contribution is 5.82. The molecule has 1 aliphatic heterocycles. The second-order valence-electron chi connectivity index (χ2n) is 3.54. The Balaban J connectivity index is 2.16. The molecule has 1 unspecified atom stereocenters. The Morgan fingerprint density at radius 3 is 2.92 bits per heavy atom. The molecule has 0 aromatic carbocycles. The van der Waals surface area contributed by atoms with Gasteiger partial charge in [0.05, 0.1) is 0 Å². The topological polar surface area (TPSA) is 29.1 Å². The van der Waals surface area contributed by atoms with Crippen molar-refractivity contribution in [2.24, 2.45) is 5.92 Å². The molecule has 68 valence electrons. The van der Waals surface area contributed by atoms with Gasteiger partial charge in [-0.25, -0.2) is 0 Å². The number of carbonyl (C=O) groups excluding carboxylic acids is 1. The minimum Gasteiger partial charge on any atom is -0.330 e. The second kappa shape index (κ2) is 3.21. The van der Waals surface area contributed by atoms with E-state index in [-0.39, 0.29) is 11.8 Å². The summed E-state index contributed by atoms with van der Waals surface area (Å²) in [5.74, 6) is 0.350. The van der Waals surface area contributed by atoms with Gasteiger partial charge in [0.1, 0.15) is 0 Å². The summed E-state index contributed by atoms with van der Waals surface area (Å²) in [6, 6.07) is 0. The van der Waals surface area contributed by atoms with Crippen LogP contribution in [0.4, 0.5) is 0 Å². The van der Waals surface area contributed by atoms with Crippen molar-refractivity contribution < 1.29 is 4.79 Å². The summed E-state index contributed by atoms with van der Waals surface area (Å²) >= 11 is 0. The summed E-state index contributed by atoms with van der Waals surface area (Å²) in [6.07, 6.45) is 9.06. The highest BCUT2D eigenvalue weighted by Gasteiger charge is 2.28. The SMILES string of the molecule is C=C1NC(=O)CC1C1=CC=CCC1. The van der Waals surface area contributed by atoms with Crippen LogP contribution in [0.2, 0.25) is 0 Å². The molecule has 0 saturated carbocycles.